The molecule has 0 aromatic rings. The predicted molar refractivity (Wildman–Crippen MR) is 79.1 cm³/mol. The first-order chi connectivity index (χ1) is 12.5. The lowest BCUT2D eigenvalue weighted by Gasteiger charge is -2.43. The second-order valence-corrected chi connectivity index (χ2v) is 7.18. The summed E-state index contributed by atoms with van der Waals surface area (Å²) in [7, 11) is -4.90. The van der Waals surface area contributed by atoms with Gasteiger partial charge >= 0.3 is 10.4 Å². The second-order valence-electron chi connectivity index (χ2n) is 6.09. The van der Waals surface area contributed by atoms with Crippen molar-refractivity contribution in [2.24, 2.45) is 0 Å². The number of ether oxygens (including phenoxy) is 3. The molecule has 0 amide bonds. The van der Waals surface area contributed by atoms with Crippen molar-refractivity contribution in [2.45, 2.75) is 54.8 Å². The summed E-state index contributed by atoms with van der Waals surface area (Å²) in [6, 6.07) is 0. The van der Waals surface area contributed by atoms with Crippen molar-refractivity contribution in [1.29, 1.82) is 0 Å². The van der Waals surface area contributed by atoms with Gasteiger partial charge in [-0.3, -0.25) is 4.55 Å². The Labute approximate surface area is 153 Å². The van der Waals surface area contributed by atoms with E-state index >= 15 is 0 Å². The van der Waals surface area contributed by atoms with E-state index in [1.54, 1.807) is 0 Å². The van der Waals surface area contributed by atoms with Gasteiger partial charge in [-0.2, -0.15) is 8.42 Å². The molecule has 8 N–H and O–H groups in total. The minimum Gasteiger partial charge on any atom is -0.394 e. The maximum absolute atomic E-state index is 10.6. The largest absolute Gasteiger partial charge is 0.397 e. The van der Waals surface area contributed by atoms with Crippen molar-refractivity contribution in [3.63, 3.8) is 0 Å². The molecule has 2 fully saturated rings. The minimum absolute atomic E-state index is 0.746. The maximum atomic E-state index is 10.6. The number of aliphatic hydroxyl groups excluding tert-OH is 7. The highest BCUT2D eigenvalue weighted by molar-refractivity contribution is 7.80. The molecule has 2 aliphatic rings. The van der Waals surface area contributed by atoms with Crippen molar-refractivity contribution < 1.29 is 67.1 Å². The van der Waals surface area contributed by atoms with Gasteiger partial charge in [0.05, 0.1) is 13.2 Å². The van der Waals surface area contributed by atoms with E-state index in [-0.39, 0.29) is 0 Å². The third-order valence-corrected chi connectivity index (χ3v) is 4.71. The molecule has 2 saturated heterocycles. The van der Waals surface area contributed by atoms with E-state index in [2.05, 4.69) is 4.18 Å². The van der Waals surface area contributed by atoms with Crippen LogP contribution >= 0.6 is 0 Å². The highest BCUT2D eigenvalue weighted by Gasteiger charge is 2.58. The lowest BCUT2D eigenvalue weighted by molar-refractivity contribution is -0.383. The van der Waals surface area contributed by atoms with Crippen LogP contribution in [0.25, 0.3) is 0 Å². The molecular weight excluding hydrogens is 400 g/mol. The molecule has 9 atom stereocenters. The maximum Gasteiger partial charge on any atom is 0.397 e. The Bertz CT molecular complexity index is 599. The molecule has 14 nitrogen and oxygen atoms in total. The number of hydrogen-bond donors (Lipinski definition) is 8. The van der Waals surface area contributed by atoms with Gasteiger partial charge in [0, 0.05) is 0 Å². The standard InChI is InChI=1S/C12H22O14S/c13-1-4-7(16)10(19)12(3-14,25-4)26-11-9(18)8(17)6(15)5(24-11)2-23-27(20,21)22/h4-11,13-19H,1-3H2,(H,20,21,22)/t4-,5-,6-,7-,8+,9-,10+,11-,12+/m1/s1. The first-order valence-corrected chi connectivity index (χ1v) is 9.07. The Balaban J connectivity index is 2.17. The van der Waals surface area contributed by atoms with Crippen molar-refractivity contribution >= 4 is 10.4 Å². The topological polar surface area (TPSA) is 233 Å². The van der Waals surface area contributed by atoms with Crippen molar-refractivity contribution in [1.82, 2.24) is 0 Å². The smallest absolute Gasteiger partial charge is 0.394 e. The van der Waals surface area contributed by atoms with Gasteiger partial charge in [-0.1, -0.05) is 0 Å². The van der Waals surface area contributed by atoms with Crippen LogP contribution in [0.1, 0.15) is 0 Å². The lowest BCUT2D eigenvalue weighted by atomic mass is 9.99. The van der Waals surface area contributed by atoms with Gasteiger partial charge in [-0.05, 0) is 0 Å². The average molecular weight is 422 g/mol. The van der Waals surface area contributed by atoms with E-state index in [1.165, 1.54) is 0 Å². The van der Waals surface area contributed by atoms with E-state index < -0.39 is 85.0 Å². The predicted octanol–water partition coefficient (Wildman–Crippen LogP) is -5.57. The summed E-state index contributed by atoms with van der Waals surface area (Å²) in [6.45, 7) is -2.79. The van der Waals surface area contributed by atoms with Crippen LogP contribution in [0.2, 0.25) is 0 Å². The average Bonchev–Trinajstić information content (AvgIpc) is 2.85. The zero-order chi connectivity index (χ0) is 20.6. The van der Waals surface area contributed by atoms with Crippen LogP contribution in [0.5, 0.6) is 0 Å². The summed E-state index contributed by atoms with van der Waals surface area (Å²) in [5.74, 6) is -2.37. The van der Waals surface area contributed by atoms with E-state index in [0.29, 0.717) is 0 Å². The lowest BCUT2D eigenvalue weighted by Crippen LogP contribution is -2.62. The zero-order valence-electron chi connectivity index (χ0n) is 13.7. The van der Waals surface area contributed by atoms with E-state index in [0.717, 1.165) is 0 Å². The summed E-state index contributed by atoms with van der Waals surface area (Å²) in [4.78, 5) is 0. The van der Waals surface area contributed by atoms with Gasteiger partial charge < -0.3 is 50.0 Å². The Hall–Kier alpha value is -0.530. The third-order valence-electron chi connectivity index (χ3n) is 4.27. The van der Waals surface area contributed by atoms with Gasteiger partial charge in [0.25, 0.3) is 0 Å². The number of aliphatic hydroxyl groups is 7. The molecule has 0 aromatic carbocycles. The fourth-order valence-corrected chi connectivity index (χ4v) is 3.08. The fraction of sp³-hybridized carbons (Fsp3) is 1.00. The molecular formula is C12H22O14S. The van der Waals surface area contributed by atoms with Crippen molar-refractivity contribution in [2.75, 3.05) is 19.8 Å². The van der Waals surface area contributed by atoms with Crippen molar-refractivity contribution in [3.05, 3.63) is 0 Å². The van der Waals surface area contributed by atoms with E-state index in [4.69, 9.17) is 23.9 Å². The number of hydrogen-bond acceptors (Lipinski definition) is 13. The van der Waals surface area contributed by atoms with E-state index in [1.807, 2.05) is 0 Å². The highest BCUT2D eigenvalue weighted by Crippen LogP contribution is 2.36. The molecule has 0 bridgehead atoms. The summed E-state index contributed by atoms with van der Waals surface area (Å²) >= 11 is 0. The Morgan fingerprint density at radius 2 is 1.56 bits per heavy atom. The summed E-state index contributed by atoms with van der Waals surface area (Å²) < 4.78 is 49.3. The molecule has 0 radical (unpaired) electrons. The highest BCUT2D eigenvalue weighted by atomic mass is 32.3. The Morgan fingerprint density at radius 3 is 2.04 bits per heavy atom. The van der Waals surface area contributed by atoms with Crippen LogP contribution in [-0.4, -0.2) is 123 Å². The normalized spacial score (nSPS) is 45.9. The van der Waals surface area contributed by atoms with Crippen LogP contribution in [0.15, 0.2) is 0 Å². The molecule has 2 aliphatic heterocycles. The van der Waals surface area contributed by atoms with Gasteiger partial charge in [0.2, 0.25) is 5.79 Å². The molecule has 0 saturated carbocycles. The molecule has 0 aliphatic carbocycles. The molecule has 27 heavy (non-hydrogen) atoms. The van der Waals surface area contributed by atoms with Gasteiger partial charge in [0.1, 0.15) is 49.3 Å². The van der Waals surface area contributed by atoms with Crippen LogP contribution in [0.3, 0.4) is 0 Å². The van der Waals surface area contributed by atoms with Crippen LogP contribution in [0, 0.1) is 0 Å². The van der Waals surface area contributed by atoms with Crippen LogP contribution < -0.4 is 0 Å². The summed E-state index contributed by atoms with van der Waals surface area (Å²) in [6.07, 6.45) is -14.2. The monoisotopic (exact) mass is 422 g/mol. The van der Waals surface area contributed by atoms with Crippen LogP contribution in [0.4, 0.5) is 0 Å². The van der Waals surface area contributed by atoms with Crippen LogP contribution in [-0.2, 0) is 28.8 Å². The quantitative estimate of drug-likeness (QED) is 0.179. The molecule has 0 aromatic heterocycles. The molecule has 2 heterocycles. The molecule has 2 rings (SSSR count). The summed E-state index contributed by atoms with van der Waals surface area (Å²) in [5, 5.41) is 68.2. The van der Waals surface area contributed by atoms with Gasteiger partial charge in [-0.25, -0.2) is 4.18 Å². The second kappa shape index (κ2) is 8.46. The minimum atomic E-state index is -4.90. The Morgan fingerprint density at radius 1 is 0.926 bits per heavy atom. The first-order valence-electron chi connectivity index (χ1n) is 7.70. The Kier molecular flexibility index (Phi) is 7.13. The molecule has 0 unspecified atom stereocenters. The molecule has 160 valence electrons. The fourth-order valence-electron chi connectivity index (χ4n) is 2.77. The number of rotatable bonds is 7. The third kappa shape index (κ3) is 4.73. The SMILES string of the molecule is O=S(=O)(O)OC[C@H]1O[C@H](O[C@]2(CO)O[C@H](CO)[C@@H](O)[C@@H]2O)[C@H](O)[C@@H](O)[C@@H]1O. The van der Waals surface area contributed by atoms with Gasteiger partial charge in [-0.15, -0.1) is 0 Å². The molecule has 0 spiro atoms. The van der Waals surface area contributed by atoms with Crippen molar-refractivity contribution in [3.8, 4) is 0 Å². The first kappa shape index (κ1) is 22.8. The molecule has 15 heteroatoms. The van der Waals surface area contributed by atoms with E-state index in [9.17, 15) is 39.1 Å². The van der Waals surface area contributed by atoms with Gasteiger partial charge in [0.15, 0.2) is 6.29 Å². The zero-order valence-corrected chi connectivity index (χ0v) is 14.5. The summed E-state index contributed by atoms with van der Waals surface area (Å²) in [5.41, 5.74) is 0.